The van der Waals surface area contributed by atoms with Gasteiger partial charge in [-0.05, 0) is 52.4 Å². The molecule has 1 amide bonds. The smallest absolute Gasteiger partial charge is 0.228 e. The van der Waals surface area contributed by atoms with Crippen molar-refractivity contribution in [3.8, 4) is 0 Å². The number of hydrogen-bond acceptors (Lipinski definition) is 2. The molecule has 1 fully saturated rings. The molecule has 2 aliphatic rings. The van der Waals surface area contributed by atoms with E-state index in [2.05, 4.69) is 40.0 Å². The van der Waals surface area contributed by atoms with Crippen molar-refractivity contribution in [1.82, 2.24) is 0 Å². The van der Waals surface area contributed by atoms with E-state index >= 15 is 0 Å². The van der Waals surface area contributed by atoms with E-state index in [0.717, 1.165) is 10.9 Å². The number of aliphatic hydroxyl groups excluding tert-OH is 1. The topological polar surface area (TPSA) is 49.3 Å². The fourth-order valence-electron chi connectivity index (χ4n) is 3.43. The van der Waals surface area contributed by atoms with Crippen molar-refractivity contribution in [2.75, 3.05) is 5.32 Å². The lowest BCUT2D eigenvalue weighted by Gasteiger charge is -2.26. The van der Waals surface area contributed by atoms with Gasteiger partial charge in [0.1, 0.15) is 0 Å². The number of hydrogen-bond donors (Lipinski definition) is 2. The van der Waals surface area contributed by atoms with Crippen LogP contribution in [0.25, 0.3) is 0 Å². The third kappa shape index (κ3) is 2.62. The molecule has 4 atom stereocenters. The van der Waals surface area contributed by atoms with Crippen molar-refractivity contribution in [2.24, 2.45) is 23.7 Å². The number of nitrogens with one attached hydrogen (secondary N) is 1. The molecule has 110 valence electrons. The van der Waals surface area contributed by atoms with E-state index in [1.807, 2.05) is 0 Å². The standard InChI is InChI=1S/C16H15BrClNO2/c1-8(20)14-9-2-3-10(6-9)15(14)16(21)19-11-4-5-12(17)13(18)7-11/h2-5,7,9-10,14-15,20H,1,6H2,(H,19,21). The number of anilines is 1. The highest BCUT2D eigenvalue weighted by Gasteiger charge is 2.49. The Hall–Kier alpha value is -1.26. The summed E-state index contributed by atoms with van der Waals surface area (Å²) >= 11 is 9.35. The largest absolute Gasteiger partial charge is 0.513 e. The van der Waals surface area contributed by atoms with Crippen LogP contribution in [0.3, 0.4) is 0 Å². The second-order valence-corrected chi connectivity index (χ2v) is 6.87. The zero-order valence-corrected chi connectivity index (χ0v) is 13.6. The van der Waals surface area contributed by atoms with E-state index in [1.54, 1.807) is 18.2 Å². The van der Waals surface area contributed by atoms with Crippen LogP contribution in [0.4, 0.5) is 5.69 Å². The van der Waals surface area contributed by atoms with Gasteiger partial charge in [0.2, 0.25) is 5.91 Å². The average Bonchev–Trinajstić information content (AvgIpc) is 3.03. The Kier molecular flexibility index (Phi) is 3.84. The molecule has 3 nitrogen and oxygen atoms in total. The second-order valence-electron chi connectivity index (χ2n) is 5.61. The first-order valence-electron chi connectivity index (χ1n) is 6.79. The molecule has 2 aliphatic carbocycles. The maximum absolute atomic E-state index is 12.6. The molecule has 1 aromatic carbocycles. The van der Waals surface area contributed by atoms with E-state index in [9.17, 15) is 9.90 Å². The first-order valence-corrected chi connectivity index (χ1v) is 7.96. The molecule has 0 aromatic heterocycles. The summed E-state index contributed by atoms with van der Waals surface area (Å²) in [6.07, 6.45) is 5.06. The molecule has 0 heterocycles. The fourth-order valence-corrected chi connectivity index (χ4v) is 3.86. The van der Waals surface area contributed by atoms with Crippen LogP contribution in [0.2, 0.25) is 5.02 Å². The van der Waals surface area contributed by atoms with Gasteiger partial charge in [-0.3, -0.25) is 4.79 Å². The van der Waals surface area contributed by atoms with Crippen molar-refractivity contribution < 1.29 is 9.90 Å². The van der Waals surface area contributed by atoms with Gasteiger partial charge in [-0.2, -0.15) is 0 Å². The van der Waals surface area contributed by atoms with Crippen molar-refractivity contribution in [1.29, 1.82) is 0 Å². The third-order valence-corrected chi connectivity index (χ3v) is 5.57. The number of benzene rings is 1. The van der Waals surface area contributed by atoms with Crippen LogP contribution >= 0.6 is 27.5 Å². The molecule has 5 heteroatoms. The molecular weight excluding hydrogens is 354 g/mol. The van der Waals surface area contributed by atoms with Crippen LogP contribution in [0, 0.1) is 23.7 Å². The molecule has 1 saturated carbocycles. The van der Waals surface area contributed by atoms with Crippen LogP contribution < -0.4 is 5.32 Å². The Bertz CT molecular complexity index is 643. The number of carbonyl (C=O) groups is 1. The zero-order valence-electron chi connectivity index (χ0n) is 11.2. The number of carbonyl (C=O) groups excluding carboxylic acids is 1. The van der Waals surface area contributed by atoms with Gasteiger partial charge < -0.3 is 10.4 Å². The van der Waals surface area contributed by atoms with E-state index in [4.69, 9.17) is 11.6 Å². The summed E-state index contributed by atoms with van der Waals surface area (Å²) in [5, 5.41) is 13.2. The van der Waals surface area contributed by atoms with Crippen LogP contribution in [0.15, 0.2) is 47.2 Å². The molecule has 0 spiro atoms. The average molecular weight is 369 g/mol. The number of amides is 1. The van der Waals surface area contributed by atoms with Gasteiger partial charge in [0, 0.05) is 16.1 Å². The molecule has 4 unspecified atom stereocenters. The number of fused-ring (bicyclic) bond motifs is 2. The molecule has 0 aliphatic heterocycles. The molecule has 0 saturated heterocycles. The van der Waals surface area contributed by atoms with Gasteiger partial charge >= 0.3 is 0 Å². The molecular formula is C16H15BrClNO2. The Morgan fingerprint density at radius 1 is 1.33 bits per heavy atom. The minimum Gasteiger partial charge on any atom is -0.513 e. The normalized spacial score (nSPS) is 29.6. The predicted molar refractivity (Wildman–Crippen MR) is 87.3 cm³/mol. The van der Waals surface area contributed by atoms with E-state index < -0.39 is 0 Å². The van der Waals surface area contributed by atoms with E-state index in [0.29, 0.717) is 10.7 Å². The highest BCUT2D eigenvalue weighted by Crippen LogP contribution is 2.50. The Balaban J connectivity index is 1.80. The minimum atomic E-state index is -0.264. The summed E-state index contributed by atoms with van der Waals surface area (Å²) in [5.74, 6) is -0.0521. The Morgan fingerprint density at radius 3 is 2.62 bits per heavy atom. The van der Waals surface area contributed by atoms with Crippen LogP contribution in [-0.2, 0) is 4.79 Å². The van der Waals surface area contributed by atoms with Crippen molar-refractivity contribution in [3.63, 3.8) is 0 Å². The van der Waals surface area contributed by atoms with Gasteiger partial charge in [-0.15, -0.1) is 0 Å². The lowest BCUT2D eigenvalue weighted by Crippen LogP contribution is -2.33. The Labute approximate surface area is 136 Å². The molecule has 1 aromatic rings. The van der Waals surface area contributed by atoms with Crippen molar-refractivity contribution in [2.45, 2.75) is 6.42 Å². The summed E-state index contributed by atoms with van der Waals surface area (Å²) in [4.78, 5) is 12.6. The van der Waals surface area contributed by atoms with Crippen molar-refractivity contribution >= 4 is 39.1 Å². The van der Waals surface area contributed by atoms with Gasteiger partial charge in [0.15, 0.2) is 0 Å². The summed E-state index contributed by atoms with van der Waals surface area (Å²) in [6.45, 7) is 3.64. The summed E-state index contributed by atoms with van der Waals surface area (Å²) < 4.78 is 0.784. The molecule has 2 N–H and O–H groups in total. The third-order valence-electron chi connectivity index (χ3n) is 4.33. The molecule has 2 bridgehead atoms. The van der Waals surface area contributed by atoms with Gasteiger partial charge in [0.05, 0.1) is 16.7 Å². The number of allylic oxidation sites excluding steroid dienone is 3. The summed E-state index contributed by atoms with van der Waals surface area (Å²) in [5.41, 5.74) is 0.655. The summed E-state index contributed by atoms with van der Waals surface area (Å²) in [6, 6.07) is 5.29. The number of rotatable bonds is 3. The first-order chi connectivity index (χ1) is 9.97. The second kappa shape index (κ2) is 5.50. The quantitative estimate of drug-likeness (QED) is 0.607. The Morgan fingerprint density at radius 2 is 2.00 bits per heavy atom. The SMILES string of the molecule is C=C(O)C1C2C=CC(C2)C1C(=O)Nc1ccc(Br)c(Cl)c1. The van der Waals surface area contributed by atoms with Gasteiger partial charge in [-0.1, -0.05) is 30.3 Å². The number of halogens is 2. The van der Waals surface area contributed by atoms with Crippen molar-refractivity contribution in [3.05, 3.63) is 52.2 Å². The number of aliphatic hydroxyl groups is 1. The maximum Gasteiger partial charge on any atom is 0.228 e. The van der Waals surface area contributed by atoms with Gasteiger partial charge in [-0.25, -0.2) is 0 Å². The lowest BCUT2D eigenvalue weighted by atomic mass is 9.81. The molecule has 21 heavy (non-hydrogen) atoms. The first kappa shape index (κ1) is 14.7. The van der Waals surface area contributed by atoms with Crippen LogP contribution in [0.1, 0.15) is 6.42 Å². The van der Waals surface area contributed by atoms with Gasteiger partial charge in [0.25, 0.3) is 0 Å². The van der Waals surface area contributed by atoms with Crippen LogP contribution in [-0.4, -0.2) is 11.0 Å². The zero-order chi connectivity index (χ0) is 15.1. The summed E-state index contributed by atoms with van der Waals surface area (Å²) in [7, 11) is 0. The fraction of sp³-hybridized carbons (Fsp3) is 0.312. The van der Waals surface area contributed by atoms with Crippen LogP contribution in [0.5, 0.6) is 0 Å². The predicted octanol–water partition coefficient (Wildman–Crippen LogP) is 4.55. The molecule has 0 radical (unpaired) electrons. The monoisotopic (exact) mass is 367 g/mol. The lowest BCUT2D eigenvalue weighted by molar-refractivity contribution is -0.121. The minimum absolute atomic E-state index is 0.0922. The van der Waals surface area contributed by atoms with E-state index in [1.165, 1.54) is 0 Å². The molecule has 3 rings (SSSR count). The van der Waals surface area contributed by atoms with E-state index in [-0.39, 0.29) is 35.3 Å². The maximum atomic E-state index is 12.6. The highest BCUT2D eigenvalue weighted by molar-refractivity contribution is 9.10. The highest BCUT2D eigenvalue weighted by atomic mass is 79.9.